The molecule has 0 aliphatic rings. The molecule has 0 radical (unpaired) electrons. The number of aryl methyl sites for hydroxylation is 2. The fourth-order valence-electron chi connectivity index (χ4n) is 2.25. The molecular weight excluding hydrogens is 456 g/mol. The Morgan fingerprint density at radius 2 is 1.10 bits per heavy atom. The highest BCUT2D eigenvalue weighted by atomic mass is 79.9. The van der Waals surface area contributed by atoms with Gasteiger partial charge in [0.1, 0.15) is 0 Å². The van der Waals surface area contributed by atoms with Crippen molar-refractivity contribution < 1.29 is 0 Å². The average Bonchev–Trinajstić information content (AvgIpc) is 3.06. The maximum Gasteiger partial charge on any atom is 0.0618 e. The molecule has 0 fully saturated rings. The van der Waals surface area contributed by atoms with Crippen molar-refractivity contribution in [1.82, 2.24) is 0 Å². The molecule has 0 bridgehead atoms. The van der Waals surface area contributed by atoms with Crippen LogP contribution in [0.1, 0.15) is 9.75 Å². The summed E-state index contributed by atoms with van der Waals surface area (Å²) in [5.74, 6) is 0. The fraction of sp³-hybridized carbons (Fsp3) is 0.143. The normalized spacial score (nSPS) is 12.0. The molecule has 0 amide bonds. The zero-order chi connectivity index (χ0) is 14.0. The fourth-order valence-corrected chi connectivity index (χ4v) is 9.37. The van der Waals surface area contributed by atoms with Crippen molar-refractivity contribution in [2.75, 3.05) is 0 Å². The van der Waals surface area contributed by atoms with Crippen molar-refractivity contribution in [3.8, 4) is 9.75 Å². The van der Waals surface area contributed by atoms with Crippen LogP contribution in [0.2, 0.25) is 0 Å². The quantitative estimate of drug-likeness (QED) is 0.267. The van der Waals surface area contributed by atoms with Crippen LogP contribution in [-0.4, -0.2) is 0 Å². The lowest BCUT2D eigenvalue weighted by atomic mass is 10.3. The summed E-state index contributed by atoms with van der Waals surface area (Å²) in [7, 11) is 0. The zero-order valence-corrected chi connectivity index (χ0v) is 17.0. The largest absolute Gasteiger partial charge is 0.138 e. The Hall–Kier alpha value is 0.280. The Labute approximate surface area is 149 Å². The van der Waals surface area contributed by atoms with Gasteiger partial charge in [-0.3, -0.25) is 0 Å². The van der Waals surface area contributed by atoms with Crippen molar-refractivity contribution >= 4 is 96.0 Å². The number of fused-ring (bicyclic) bond motifs is 2. The van der Waals surface area contributed by atoms with Gasteiger partial charge in [0.2, 0.25) is 0 Å². The molecule has 20 heavy (non-hydrogen) atoms. The van der Waals surface area contributed by atoms with Crippen molar-refractivity contribution in [2.24, 2.45) is 0 Å². The molecule has 4 aromatic heterocycles. The Morgan fingerprint density at radius 3 is 1.45 bits per heavy atom. The van der Waals surface area contributed by atoms with Crippen molar-refractivity contribution in [1.29, 1.82) is 0 Å². The molecule has 4 heterocycles. The molecule has 0 spiro atoms. The monoisotopic (exact) mass is 462 g/mol. The Morgan fingerprint density at radius 1 is 0.700 bits per heavy atom. The van der Waals surface area contributed by atoms with Crippen LogP contribution in [0.4, 0.5) is 0 Å². The summed E-state index contributed by atoms with van der Waals surface area (Å²) in [6.07, 6.45) is 0. The van der Waals surface area contributed by atoms with Crippen LogP contribution in [0.15, 0.2) is 21.1 Å². The van der Waals surface area contributed by atoms with E-state index in [0.29, 0.717) is 0 Å². The maximum atomic E-state index is 3.81. The summed E-state index contributed by atoms with van der Waals surface area (Å²) in [4.78, 5) is 5.45. The summed E-state index contributed by atoms with van der Waals surface area (Å²) >= 11 is 15.1. The van der Waals surface area contributed by atoms with Gasteiger partial charge in [0.05, 0.1) is 28.1 Å². The topological polar surface area (TPSA) is 0 Å². The molecule has 102 valence electrons. The molecule has 0 aliphatic carbocycles. The minimum Gasteiger partial charge on any atom is -0.138 e. The summed E-state index contributed by atoms with van der Waals surface area (Å²) in [6.45, 7) is 4.34. The Balaban J connectivity index is 2.00. The minimum absolute atomic E-state index is 1.25. The van der Waals surface area contributed by atoms with Crippen LogP contribution < -0.4 is 0 Å². The van der Waals surface area contributed by atoms with E-state index in [1.54, 1.807) is 0 Å². The molecule has 0 aromatic carbocycles. The van der Waals surface area contributed by atoms with Gasteiger partial charge >= 0.3 is 0 Å². The molecule has 4 rings (SSSR count). The van der Waals surface area contributed by atoms with Crippen molar-refractivity contribution in [3.05, 3.63) is 30.8 Å². The summed E-state index contributed by atoms with van der Waals surface area (Å²) < 4.78 is 8.02. The predicted octanol–water partition coefficient (Wildman–Crippen LogP) is 8.05. The SMILES string of the molecule is Cc1cc2sc(-c3sc4cc(C)sc4c3Br)c(Br)c2s1. The highest BCUT2D eigenvalue weighted by Crippen LogP contribution is 2.52. The molecule has 0 atom stereocenters. The number of thiophene rings is 4. The van der Waals surface area contributed by atoms with Crippen LogP contribution in [0, 0.1) is 13.8 Å². The molecule has 0 nitrogen and oxygen atoms in total. The van der Waals surface area contributed by atoms with E-state index in [4.69, 9.17) is 0 Å². The van der Waals surface area contributed by atoms with Gasteiger partial charge in [-0.2, -0.15) is 0 Å². The number of hydrogen-bond donors (Lipinski definition) is 0. The van der Waals surface area contributed by atoms with Gasteiger partial charge in [-0.25, -0.2) is 0 Å². The molecule has 0 aliphatic heterocycles. The Kier molecular flexibility index (Phi) is 3.40. The lowest BCUT2D eigenvalue weighted by Crippen LogP contribution is -1.67. The molecule has 0 saturated carbocycles. The first-order valence-corrected chi connectivity index (χ1v) is 10.8. The number of rotatable bonds is 1. The van der Waals surface area contributed by atoms with Crippen LogP contribution in [-0.2, 0) is 0 Å². The van der Waals surface area contributed by atoms with Gasteiger partial charge in [0.25, 0.3) is 0 Å². The third-order valence-electron chi connectivity index (χ3n) is 3.07. The second kappa shape index (κ2) is 4.89. The summed E-state index contributed by atoms with van der Waals surface area (Å²) in [5, 5.41) is 0. The van der Waals surface area contributed by atoms with Gasteiger partial charge in [-0.15, -0.1) is 45.3 Å². The number of hydrogen-bond acceptors (Lipinski definition) is 4. The van der Waals surface area contributed by atoms with Crippen molar-refractivity contribution in [3.63, 3.8) is 0 Å². The summed E-state index contributed by atoms with van der Waals surface area (Å²) in [5.41, 5.74) is 0. The lowest BCUT2D eigenvalue weighted by molar-refractivity contribution is 1.66. The van der Waals surface area contributed by atoms with Crippen molar-refractivity contribution in [2.45, 2.75) is 13.8 Å². The first-order chi connectivity index (χ1) is 9.54. The highest BCUT2D eigenvalue weighted by Gasteiger charge is 2.20. The first kappa shape index (κ1) is 13.9. The van der Waals surface area contributed by atoms with Crippen LogP contribution in [0.25, 0.3) is 28.6 Å². The smallest absolute Gasteiger partial charge is 0.0618 e. The molecule has 0 N–H and O–H groups in total. The third kappa shape index (κ3) is 2.00. The second-order valence-corrected chi connectivity index (χ2v) is 10.8. The molecule has 0 saturated heterocycles. The first-order valence-electron chi connectivity index (χ1n) is 5.92. The zero-order valence-electron chi connectivity index (χ0n) is 10.5. The number of halogens is 2. The van der Waals surface area contributed by atoms with E-state index in [-0.39, 0.29) is 0 Å². The standard InChI is InChI=1S/C14H8Br2S4/c1-5-3-7-11(17-5)9(15)13(19-7)14-10(16)12-8(20-14)4-6(2)18-12/h3-4H,1-2H3. The molecule has 0 unspecified atom stereocenters. The lowest BCUT2D eigenvalue weighted by Gasteiger charge is -1.96. The molecule has 6 heteroatoms. The van der Waals surface area contributed by atoms with E-state index in [0.717, 1.165) is 0 Å². The summed E-state index contributed by atoms with van der Waals surface area (Å²) in [6, 6.07) is 4.57. The van der Waals surface area contributed by atoms with Gasteiger partial charge in [0.15, 0.2) is 0 Å². The predicted molar refractivity (Wildman–Crippen MR) is 103 cm³/mol. The second-order valence-electron chi connectivity index (χ2n) is 4.59. The van der Waals surface area contributed by atoms with E-state index < -0.39 is 0 Å². The van der Waals surface area contributed by atoms with Gasteiger partial charge in [0, 0.05) is 19.2 Å². The van der Waals surface area contributed by atoms with E-state index in [2.05, 4.69) is 57.8 Å². The van der Waals surface area contributed by atoms with E-state index in [9.17, 15) is 0 Å². The highest BCUT2D eigenvalue weighted by molar-refractivity contribution is 9.11. The molecular formula is C14H8Br2S4. The van der Waals surface area contributed by atoms with Gasteiger partial charge in [-0.05, 0) is 57.8 Å². The maximum absolute atomic E-state index is 3.81. The molecule has 4 aromatic rings. The van der Waals surface area contributed by atoms with Gasteiger partial charge in [-0.1, -0.05) is 0 Å². The van der Waals surface area contributed by atoms with E-state index >= 15 is 0 Å². The van der Waals surface area contributed by atoms with E-state index in [1.165, 1.54) is 47.3 Å². The third-order valence-corrected chi connectivity index (χ3v) is 10.5. The Bertz CT molecular complexity index is 872. The van der Waals surface area contributed by atoms with Crippen LogP contribution in [0.5, 0.6) is 0 Å². The van der Waals surface area contributed by atoms with Crippen LogP contribution >= 0.6 is 77.2 Å². The van der Waals surface area contributed by atoms with Crippen LogP contribution in [0.3, 0.4) is 0 Å². The average molecular weight is 464 g/mol. The van der Waals surface area contributed by atoms with E-state index in [1.807, 2.05) is 45.3 Å². The van der Waals surface area contributed by atoms with Gasteiger partial charge < -0.3 is 0 Å². The minimum atomic E-state index is 1.25.